The minimum atomic E-state index is -0.227. The van der Waals surface area contributed by atoms with Gasteiger partial charge in [-0.25, -0.2) is 0 Å². The van der Waals surface area contributed by atoms with E-state index in [-0.39, 0.29) is 5.38 Å². The number of alkyl halides is 1. The number of rotatable bonds is 3. The van der Waals surface area contributed by atoms with E-state index >= 15 is 0 Å². The topological polar surface area (TPSA) is 51.0 Å². The Bertz CT molecular complexity index is 312. The molecule has 0 amide bonds. The van der Waals surface area contributed by atoms with Gasteiger partial charge >= 0.3 is 6.01 Å². The highest BCUT2D eigenvalue weighted by atomic mass is 35.5. The normalized spacial score (nSPS) is 20.1. The third kappa shape index (κ3) is 3.01. The molecule has 2 heterocycles. The Labute approximate surface area is 98.2 Å². The van der Waals surface area contributed by atoms with Crippen molar-refractivity contribution in [2.45, 2.75) is 31.2 Å². The summed E-state index contributed by atoms with van der Waals surface area (Å²) in [5.41, 5.74) is 0. The van der Waals surface area contributed by atoms with Gasteiger partial charge in [0.1, 0.15) is 5.38 Å². The van der Waals surface area contributed by atoms with Crippen LogP contribution in [-0.4, -0.2) is 27.7 Å². The fraction of sp³-hybridized carbons (Fsp3) is 0.778. The molecule has 0 aromatic carbocycles. The molecule has 0 radical (unpaired) electrons. The highest BCUT2D eigenvalue weighted by molar-refractivity contribution is 7.99. The molecule has 1 aromatic rings. The summed E-state index contributed by atoms with van der Waals surface area (Å²) in [4.78, 5) is 0. The molecule has 0 bridgehead atoms. The molecule has 1 aliphatic heterocycles. The van der Waals surface area contributed by atoms with E-state index in [4.69, 9.17) is 16.0 Å². The number of hydrogen-bond acceptors (Lipinski definition) is 5. The van der Waals surface area contributed by atoms with Gasteiger partial charge in [-0.1, -0.05) is 5.10 Å². The molecule has 1 N–H and O–H groups in total. The third-order valence-electron chi connectivity index (χ3n) is 2.33. The van der Waals surface area contributed by atoms with Gasteiger partial charge in [0.25, 0.3) is 0 Å². The van der Waals surface area contributed by atoms with Crippen molar-refractivity contribution in [2.75, 3.05) is 16.8 Å². The largest absolute Gasteiger partial charge is 0.406 e. The van der Waals surface area contributed by atoms with Crippen molar-refractivity contribution in [1.82, 2.24) is 10.2 Å². The number of nitrogens with zero attached hydrogens (tertiary/aromatic N) is 2. The van der Waals surface area contributed by atoms with E-state index in [1.54, 1.807) is 0 Å². The second-order valence-electron chi connectivity index (χ2n) is 3.59. The molecule has 84 valence electrons. The molecular formula is C9H14ClN3OS. The van der Waals surface area contributed by atoms with Crippen molar-refractivity contribution >= 4 is 29.4 Å². The van der Waals surface area contributed by atoms with Crippen molar-refractivity contribution < 1.29 is 4.42 Å². The fourth-order valence-corrected chi connectivity index (χ4v) is 2.66. The van der Waals surface area contributed by atoms with Crippen molar-refractivity contribution in [3.63, 3.8) is 0 Å². The summed E-state index contributed by atoms with van der Waals surface area (Å²) in [5.74, 6) is 2.87. The van der Waals surface area contributed by atoms with Gasteiger partial charge in [-0.3, -0.25) is 0 Å². The first-order chi connectivity index (χ1) is 7.25. The van der Waals surface area contributed by atoms with Crippen LogP contribution in [-0.2, 0) is 0 Å². The average molecular weight is 248 g/mol. The number of hydrogen-bond donors (Lipinski definition) is 1. The Balaban J connectivity index is 1.91. The lowest BCUT2D eigenvalue weighted by atomic mass is 10.2. The molecule has 0 saturated carbocycles. The van der Waals surface area contributed by atoms with E-state index < -0.39 is 0 Å². The smallest absolute Gasteiger partial charge is 0.315 e. The van der Waals surface area contributed by atoms with E-state index in [0.29, 0.717) is 17.9 Å². The lowest BCUT2D eigenvalue weighted by Gasteiger charge is -2.21. The van der Waals surface area contributed by atoms with E-state index in [0.717, 1.165) is 12.8 Å². The van der Waals surface area contributed by atoms with Crippen LogP contribution in [0.3, 0.4) is 0 Å². The monoisotopic (exact) mass is 247 g/mol. The first-order valence-electron chi connectivity index (χ1n) is 5.07. The highest BCUT2D eigenvalue weighted by Crippen LogP contribution is 2.23. The predicted octanol–water partition coefficient (Wildman–Crippen LogP) is 2.68. The second kappa shape index (κ2) is 5.07. The van der Waals surface area contributed by atoms with E-state index in [1.807, 2.05) is 18.7 Å². The Kier molecular flexibility index (Phi) is 3.75. The number of anilines is 1. The zero-order valence-corrected chi connectivity index (χ0v) is 10.1. The van der Waals surface area contributed by atoms with Crippen molar-refractivity contribution in [1.29, 1.82) is 0 Å². The minimum absolute atomic E-state index is 0.227. The van der Waals surface area contributed by atoms with Gasteiger partial charge in [-0.05, 0) is 31.3 Å². The van der Waals surface area contributed by atoms with E-state index in [9.17, 15) is 0 Å². The second-order valence-corrected chi connectivity index (χ2v) is 5.47. The maximum absolute atomic E-state index is 5.83. The molecule has 1 atom stereocenters. The van der Waals surface area contributed by atoms with Crippen LogP contribution in [0.4, 0.5) is 6.01 Å². The molecule has 1 saturated heterocycles. The van der Waals surface area contributed by atoms with E-state index in [2.05, 4.69) is 15.5 Å². The molecule has 6 heteroatoms. The van der Waals surface area contributed by atoms with Crippen LogP contribution in [0.1, 0.15) is 31.0 Å². The molecule has 0 spiro atoms. The average Bonchev–Trinajstić information content (AvgIpc) is 2.68. The van der Waals surface area contributed by atoms with Crippen molar-refractivity contribution in [2.24, 2.45) is 0 Å². The molecule has 1 unspecified atom stereocenters. The summed E-state index contributed by atoms with van der Waals surface area (Å²) in [6, 6.07) is 0.958. The van der Waals surface area contributed by atoms with Gasteiger partial charge in [-0.15, -0.1) is 16.7 Å². The fourth-order valence-electron chi connectivity index (χ4n) is 1.47. The van der Waals surface area contributed by atoms with Crippen LogP contribution in [0, 0.1) is 0 Å². The summed E-state index contributed by atoms with van der Waals surface area (Å²) in [5, 5.41) is 10.8. The highest BCUT2D eigenvalue weighted by Gasteiger charge is 2.17. The molecule has 0 aliphatic carbocycles. The van der Waals surface area contributed by atoms with Gasteiger partial charge in [0.2, 0.25) is 5.89 Å². The molecule has 1 aromatic heterocycles. The molecule has 1 aliphatic rings. The summed E-state index contributed by atoms with van der Waals surface area (Å²) >= 11 is 7.82. The first-order valence-corrected chi connectivity index (χ1v) is 6.66. The summed E-state index contributed by atoms with van der Waals surface area (Å²) < 4.78 is 5.38. The van der Waals surface area contributed by atoms with Crippen LogP contribution in [0.5, 0.6) is 0 Å². The number of halogens is 1. The van der Waals surface area contributed by atoms with Crippen LogP contribution in [0.2, 0.25) is 0 Å². The third-order valence-corrected chi connectivity index (χ3v) is 3.57. The maximum Gasteiger partial charge on any atom is 0.315 e. The zero-order chi connectivity index (χ0) is 10.7. The molecular weight excluding hydrogens is 234 g/mol. The standard InChI is InChI=1S/C9H14ClN3OS/c1-6(10)8-12-13-9(14-8)11-7-2-4-15-5-3-7/h6-7H,2-5H2,1H3,(H,11,13). The first kappa shape index (κ1) is 11.1. The SMILES string of the molecule is CC(Cl)c1nnc(NC2CCSCC2)o1. The zero-order valence-electron chi connectivity index (χ0n) is 8.57. The van der Waals surface area contributed by atoms with Crippen molar-refractivity contribution in [3.8, 4) is 0 Å². The van der Waals surface area contributed by atoms with Gasteiger partial charge in [0.15, 0.2) is 0 Å². The molecule has 4 nitrogen and oxygen atoms in total. The Hall–Kier alpha value is -0.420. The lowest BCUT2D eigenvalue weighted by molar-refractivity contribution is 0.495. The van der Waals surface area contributed by atoms with E-state index in [1.165, 1.54) is 11.5 Å². The van der Waals surface area contributed by atoms with Crippen LogP contribution in [0.15, 0.2) is 4.42 Å². The number of nitrogens with one attached hydrogen (secondary N) is 1. The number of thioether (sulfide) groups is 1. The predicted molar refractivity (Wildman–Crippen MR) is 62.5 cm³/mol. The molecule has 1 fully saturated rings. The maximum atomic E-state index is 5.83. The van der Waals surface area contributed by atoms with Crippen LogP contribution in [0.25, 0.3) is 0 Å². The van der Waals surface area contributed by atoms with Crippen molar-refractivity contribution in [3.05, 3.63) is 5.89 Å². The lowest BCUT2D eigenvalue weighted by Crippen LogP contribution is -2.24. The van der Waals surface area contributed by atoms with Crippen LogP contribution < -0.4 is 5.32 Å². The van der Waals surface area contributed by atoms with Gasteiger partial charge in [0.05, 0.1) is 0 Å². The quantitative estimate of drug-likeness (QED) is 0.833. The van der Waals surface area contributed by atoms with Gasteiger partial charge in [0, 0.05) is 6.04 Å². The summed E-state index contributed by atoms with van der Waals surface area (Å²) in [6.45, 7) is 1.82. The van der Waals surface area contributed by atoms with Gasteiger partial charge < -0.3 is 9.73 Å². The Morgan fingerprint density at radius 3 is 2.80 bits per heavy atom. The Morgan fingerprint density at radius 2 is 2.20 bits per heavy atom. The minimum Gasteiger partial charge on any atom is -0.406 e. The van der Waals surface area contributed by atoms with Gasteiger partial charge in [-0.2, -0.15) is 11.8 Å². The van der Waals surface area contributed by atoms with Crippen LogP contribution >= 0.6 is 23.4 Å². The summed E-state index contributed by atoms with van der Waals surface area (Å²) in [7, 11) is 0. The molecule has 15 heavy (non-hydrogen) atoms. The molecule has 2 rings (SSSR count). The Morgan fingerprint density at radius 1 is 1.47 bits per heavy atom. The summed E-state index contributed by atoms with van der Waals surface area (Å²) in [6.07, 6.45) is 2.30. The number of aromatic nitrogens is 2.